The summed E-state index contributed by atoms with van der Waals surface area (Å²) in [4.78, 5) is 13.0. The molecule has 0 saturated heterocycles. The Balaban J connectivity index is 1.51. The van der Waals surface area contributed by atoms with Crippen LogP contribution in [0.3, 0.4) is 0 Å². The summed E-state index contributed by atoms with van der Waals surface area (Å²) in [5, 5.41) is 13.4. The van der Waals surface area contributed by atoms with E-state index in [1.165, 1.54) is 19.3 Å². The Kier molecular flexibility index (Phi) is 3.15. The zero-order valence-corrected chi connectivity index (χ0v) is 13.2. The van der Waals surface area contributed by atoms with E-state index in [9.17, 15) is 9.90 Å². The van der Waals surface area contributed by atoms with Crippen LogP contribution in [-0.2, 0) is 4.79 Å². The quantitative estimate of drug-likeness (QED) is 0.821. The van der Waals surface area contributed by atoms with Gasteiger partial charge in [-0.05, 0) is 68.6 Å². The molecule has 5 aliphatic carbocycles. The second kappa shape index (κ2) is 4.71. The predicted octanol–water partition coefficient (Wildman–Crippen LogP) is 3.01. The van der Waals surface area contributed by atoms with Gasteiger partial charge >= 0.3 is 0 Å². The highest BCUT2D eigenvalue weighted by atomic mass is 16.3. The minimum atomic E-state index is -0.327. The monoisotopic (exact) mass is 291 g/mol. The van der Waals surface area contributed by atoms with Crippen LogP contribution in [-0.4, -0.2) is 23.2 Å². The Bertz CT molecular complexity index is 432. The fourth-order valence-electron chi connectivity index (χ4n) is 6.59. The van der Waals surface area contributed by atoms with E-state index >= 15 is 0 Å². The summed E-state index contributed by atoms with van der Waals surface area (Å²) in [5.41, 5.74) is 0.308. The SMILES string of the molecule is CC12CC3CC(C1)CC(C(=O)NC1CCCCC1O)(C3)C2. The highest BCUT2D eigenvalue weighted by Gasteiger charge is 2.59. The smallest absolute Gasteiger partial charge is 0.226 e. The second-order valence-electron chi connectivity index (χ2n) is 8.98. The molecule has 0 aromatic carbocycles. The van der Waals surface area contributed by atoms with Gasteiger partial charge < -0.3 is 10.4 Å². The van der Waals surface area contributed by atoms with Gasteiger partial charge in [-0.25, -0.2) is 0 Å². The first-order chi connectivity index (χ1) is 9.98. The molecule has 5 fully saturated rings. The van der Waals surface area contributed by atoms with Crippen molar-refractivity contribution >= 4 is 5.91 Å². The van der Waals surface area contributed by atoms with Gasteiger partial charge in [0.25, 0.3) is 0 Å². The number of amides is 1. The first kappa shape index (κ1) is 14.0. The fourth-order valence-corrected chi connectivity index (χ4v) is 6.59. The van der Waals surface area contributed by atoms with Crippen LogP contribution in [0.1, 0.15) is 71.1 Å². The first-order valence-corrected chi connectivity index (χ1v) is 8.97. The Morgan fingerprint density at radius 1 is 1.10 bits per heavy atom. The van der Waals surface area contributed by atoms with Gasteiger partial charge in [0.2, 0.25) is 5.91 Å². The number of carbonyl (C=O) groups is 1. The number of aliphatic hydroxyl groups excluding tert-OH is 1. The van der Waals surface area contributed by atoms with Crippen LogP contribution in [0.5, 0.6) is 0 Å². The van der Waals surface area contributed by atoms with Crippen molar-refractivity contribution in [2.75, 3.05) is 0 Å². The number of hydrogen-bond acceptors (Lipinski definition) is 2. The second-order valence-corrected chi connectivity index (χ2v) is 8.98. The molecule has 0 spiro atoms. The third kappa shape index (κ3) is 2.32. The molecule has 2 N–H and O–H groups in total. The summed E-state index contributed by atoms with van der Waals surface area (Å²) in [5.74, 6) is 1.82. The van der Waals surface area contributed by atoms with E-state index in [0.717, 1.165) is 56.8 Å². The number of nitrogens with one attached hydrogen (secondary N) is 1. The van der Waals surface area contributed by atoms with Crippen molar-refractivity contribution in [3.8, 4) is 0 Å². The van der Waals surface area contributed by atoms with E-state index in [4.69, 9.17) is 0 Å². The lowest BCUT2D eigenvalue weighted by molar-refractivity contribution is -0.157. The summed E-state index contributed by atoms with van der Waals surface area (Å²) in [6.07, 6.45) is 11.0. The summed E-state index contributed by atoms with van der Waals surface area (Å²) >= 11 is 0. The van der Waals surface area contributed by atoms with Crippen molar-refractivity contribution in [3.05, 3.63) is 0 Å². The molecule has 0 heterocycles. The van der Waals surface area contributed by atoms with Crippen molar-refractivity contribution in [1.82, 2.24) is 5.32 Å². The summed E-state index contributed by atoms with van der Waals surface area (Å²) in [6.45, 7) is 2.40. The van der Waals surface area contributed by atoms with E-state index in [1.54, 1.807) is 0 Å². The molecule has 0 aromatic rings. The molecular formula is C18H29NO2. The van der Waals surface area contributed by atoms with Crippen LogP contribution in [0.15, 0.2) is 0 Å². The zero-order valence-electron chi connectivity index (χ0n) is 13.2. The van der Waals surface area contributed by atoms with Crippen LogP contribution in [0.2, 0.25) is 0 Å². The standard InChI is InChI=1S/C18H29NO2/c1-17-7-12-6-13(8-17)10-18(9-12,11-17)16(21)19-14-4-2-3-5-15(14)20/h12-15,20H,2-11H2,1H3,(H,19,21). The van der Waals surface area contributed by atoms with Crippen molar-refractivity contribution < 1.29 is 9.90 Å². The highest BCUT2D eigenvalue weighted by Crippen LogP contribution is 2.65. The van der Waals surface area contributed by atoms with E-state index in [0.29, 0.717) is 5.41 Å². The van der Waals surface area contributed by atoms with E-state index in [2.05, 4.69) is 12.2 Å². The van der Waals surface area contributed by atoms with Crippen LogP contribution in [0.4, 0.5) is 0 Å². The Labute approximate surface area is 127 Å². The number of rotatable bonds is 2. The maximum Gasteiger partial charge on any atom is 0.226 e. The maximum atomic E-state index is 13.0. The summed E-state index contributed by atoms with van der Waals surface area (Å²) < 4.78 is 0. The van der Waals surface area contributed by atoms with Gasteiger partial charge in [-0.2, -0.15) is 0 Å². The molecule has 3 heteroatoms. The maximum absolute atomic E-state index is 13.0. The molecule has 5 aliphatic rings. The van der Waals surface area contributed by atoms with Gasteiger partial charge in [-0.3, -0.25) is 4.79 Å². The Hall–Kier alpha value is -0.570. The number of hydrogen-bond donors (Lipinski definition) is 2. The van der Waals surface area contributed by atoms with Crippen LogP contribution < -0.4 is 5.32 Å². The number of aliphatic hydroxyl groups is 1. The number of carbonyl (C=O) groups excluding carboxylic acids is 1. The predicted molar refractivity (Wildman–Crippen MR) is 81.6 cm³/mol. The third-order valence-electron chi connectivity index (χ3n) is 6.88. The van der Waals surface area contributed by atoms with Gasteiger partial charge in [0, 0.05) is 0 Å². The molecule has 5 saturated carbocycles. The van der Waals surface area contributed by atoms with E-state index in [1.807, 2.05) is 0 Å². The van der Waals surface area contributed by atoms with E-state index in [-0.39, 0.29) is 23.5 Å². The molecule has 3 nitrogen and oxygen atoms in total. The van der Waals surface area contributed by atoms with Crippen molar-refractivity contribution in [2.45, 2.75) is 83.3 Å². The van der Waals surface area contributed by atoms with Gasteiger partial charge in [0.05, 0.1) is 17.6 Å². The average Bonchev–Trinajstić information content (AvgIpc) is 2.38. The summed E-state index contributed by atoms with van der Waals surface area (Å²) in [7, 11) is 0. The average molecular weight is 291 g/mol. The van der Waals surface area contributed by atoms with Gasteiger partial charge in [-0.15, -0.1) is 0 Å². The first-order valence-electron chi connectivity index (χ1n) is 8.97. The van der Waals surface area contributed by atoms with Crippen LogP contribution in [0.25, 0.3) is 0 Å². The van der Waals surface area contributed by atoms with Crippen LogP contribution >= 0.6 is 0 Å². The molecule has 0 aromatic heterocycles. The largest absolute Gasteiger partial charge is 0.391 e. The molecule has 118 valence electrons. The zero-order chi connectivity index (χ0) is 14.7. The minimum Gasteiger partial charge on any atom is -0.391 e. The molecule has 5 rings (SSSR count). The van der Waals surface area contributed by atoms with Gasteiger partial charge in [0.15, 0.2) is 0 Å². The molecule has 4 unspecified atom stereocenters. The lowest BCUT2D eigenvalue weighted by Crippen LogP contribution is -2.59. The molecule has 4 atom stereocenters. The lowest BCUT2D eigenvalue weighted by atomic mass is 9.44. The van der Waals surface area contributed by atoms with Crippen molar-refractivity contribution in [2.24, 2.45) is 22.7 Å². The molecule has 21 heavy (non-hydrogen) atoms. The van der Waals surface area contributed by atoms with Gasteiger partial charge in [0.1, 0.15) is 0 Å². The third-order valence-corrected chi connectivity index (χ3v) is 6.88. The molecular weight excluding hydrogens is 262 g/mol. The Morgan fingerprint density at radius 3 is 2.38 bits per heavy atom. The fraction of sp³-hybridized carbons (Fsp3) is 0.944. The minimum absolute atomic E-state index is 0.00654. The summed E-state index contributed by atoms with van der Waals surface area (Å²) in [6, 6.07) is 0.00654. The Morgan fingerprint density at radius 2 is 1.76 bits per heavy atom. The lowest BCUT2D eigenvalue weighted by Gasteiger charge is -2.60. The molecule has 0 aliphatic heterocycles. The molecule has 4 bridgehead atoms. The molecule has 0 radical (unpaired) electrons. The van der Waals surface area contributed by atoms with Crippen molar-refractivity contribution in [3.63, 3.8) is 0 Å². The molecule has 1 amide bonds. The highest BCUT2D eigenvalue weighted by molar-refractivity contribution is 5.83. The normalized spacial score (nSPS) is 51.9. The van der Waals surface area contributed by atoms with Crippen molar-refractivity contribution in [1.29, 1.82) is 0 Å². The van der Waals surface area contributed by atoms with E-state index < -0.39 is 0 Å². The van der Waals surface area contributed by atoms with Crippen LogP contribution in [0, 0.1) is 22.7 Å². The van der Waals surface area contributed by atoms with Gasteiger partial charge in [-0.1, -0.05) is 19.8 Å². The topological polar surface area (TPSA) is 49.3 Å².